The van der Waals surface area contributed by atoms with Crippen molar-refractivity contribution < 1.29 is 0 Å². The summed E-state index contributed by atoms with van der Waals surface area (Å²) in [6.07, 6.45) is 2.18. The molecule has 0 aliphatic rings. The van der Waals surface area contributed by atoms with Gasteiger partial charge in [0.05, 0.1) is 0 Å². The van der Waals surface area contributed by atoms with Crippen LogP contribution in [0.25, 0.3) is 10.9 Å². The van der Waals surface area contributed by atoms with Crippen LogP contribution < -0.4 is 5.73 Å². The highest BCUT2D eigenvalue weighted by Gasteiger charge is 2.17. The largest absolute Gasteiger partial charge is 0.350 e. The Morgan fingerprint density at radius 2 is 2.00 bits per heavy atom. The molecule has 0 aliphatic heterocycles. The smallest absolute Gasteiger partial charge is 0.0485 e. The Kier molecular flexibility index (Phi) is 2.99. The molecule has 0 spiro atoms. The van der Waals surface area contributed by atoms with E-state index in [-0.39, 0.29) is 6.04 Å². The third kappa shape index (κ3) is 1.72. The van der Waals surface area contributed by atoms with Gasteiger partial charge in [-0.1, -0.05) is 18.2 Å². The number of hydrogen-bond acceptors (Lipinski definition) is 2. The average Bonchev–Trinajstić information content (AvgIpc) is 2.58. The summed E-state index contributed by atoms with van der Waals surface area (Å²) < 4.78 is 2.16. The number of nitrogens with zero attached hydrogens (tertiary/aromatic N) is 2. The van der Waals surface area contributed by atoms with Crippen molar-refractivity contribution in [2.75, 3.05) is 20.6 Å². The number of fused-ring (bicyclic) bond motifs is 1. The van der Waals surface area contributed by atoms with Crippen LogP contribution in [0.4, 0.5) is 0 Å². The van der Waals surface area contributed by atoms with E-state index in [2.05, 4.69) is 61.1 Å². The van der Waals surface area contributed by atoms with Gasteiger partial charge in [-0.15, -0.1) is 0 Å². The maximum Gasteiger partial charge on any atom is 0.0485 e. The van der Waals surface area contributed by atoms with Crippen LogP contribution in [0.3, 0.4) is 0 Å². The maximum atomic E-state index is 5.86. The van der Waals surface area contributed by atoms with E-state index in [1.807, 2.05) is 0 Å². The molecule has 0 saturated carbocycles. The van der Waals surface area contributed by atoms with E-state index in [0.717, 1.165) is 0 Å². The Bertz CT molecular complexity index is 485. The lowest BCUT2D eigenvalue weighted by atomic mass is 10.1. The highest BCUT2D eigenvalue weighted by atomic mass is 15.1. The topological polar surface area (TPSA) is 34.2 Å². The van der Waals surface area contributed by atoms with E-state index in [9.17, 15) is 0 Å². The molecule has 1 aromatic carbocycles. The summed E-state index contributed by atoms with van der Waals surface area (Å²) in [5.41, 5.74) is 8.43. The summed E-state index contributed by atoms with van der Waals surface area (Å²) in [5, 5.41) is 1.30. The molecule has 2 rings (SSSR count). The molecule has 0 saturated heterocycles. The zero-order valence-corrected chi connectivity index (χ0v) is 10.1. The molecule has 0 bridgehead atoms. The minimum absolute atomic E-state index is 0.283. The van der Waals surface area contributed by atoms with E-state index in [1.54, 1.807) is 0 Å². The van der Waals surface area contributed by atoms with Crippen molar-refractivity contribution >= 4 is 10.9 Å². The Labute approximate surface area is 96.5 Å². The van der Waals surface area contributed by atoms with Crippen LogP contribution in [-0.4, -0.2) is 30.1 Å². The first kappa shape index (κ1) is 11.2. The van der Waals surface area contributed by atoms with Gasteiger partial charge in [0, 0.05) is 36.7 Å². The molecule has 0 radical (unpaired) electrons. The third-order valence-electron chi connectivity index (χ3n) is 3.13. The second-order valence-electron chi connectivity index (χ2n) is 4.43. The first-order valence-electron chi connectivity index (χ1n) is 5.55. The van der Waals surface area contributed by atoms with Crippen molar-refractivity contribution in [2.24, 2.45) is 12.8 Å². The first-order valence-corrected chi connectivity index (χ1v) is 5.55. The van der Waals surface area contributed by atoms with Crippen molar-refractivity contribution in [2.45, 2.75) is 6.04 Å². The number of para-hydroxylation sites is 1. The lowest BCUT2D eigenvalue weighted by molar-refractivity contribution is 0.307. The second-order valence-corrected chi connectivity index (χ2v) is 4.43. The fourth-order valence-corrected chi connectivity index (χ4v) is 2.25. The highest BCUT2D eigenvalue weighted by Crippen LogP contribution is 2.27. The molecule has 1 heterocycles. The van der Waals surface area contributed by atoms with Gasteiger partial charge in [0.2, 0.25) is 0 Å². The van der Waals surface area contributed by atoms with Gasteiger partial charge in [0.15, 0.2) is 0 Å². The molecule has 1 aromatic heterocycles. The predicted molar refractivity (Wildman–Crippen MR) is 68.4 cm³/mol. The molecule has 86 valence electrons. The minimum Gasteiger partial charge on any atom is -0.350 e. The SMILES string of the molecule is CN(C)[C@@H](CN)c1cn(C)c2ccccc12. The summed E-state index contributed by atoms with van der Waals surface area (Å²) in [4.78, 5) is 2.17. The first-order chi connectivity index (χ1) is 7.65. The van der Waals surface area contributed by atoms with Crippen molar-refractivity contribution in [3.05, 3.63) is 36.0 Å². The number of aromatic nitrogens is 1. The average molecular weight is 217 g/mol. The zero-order valence-electron chi connectivity index (χ0n) is 10.1. The van der Waals surface area contributed by atoms with Crippen LogP contribution in [0, 0.1) is 0 Å². The predicted octanol–water partition coefficient (Wildman–Crippen LogP) is 1.74. The Morgan fingerprint density at radius 3 is 2.62 bits per heavy atom. The van der Waals surface area contributed by atoms with Crippen molar-refractivity contribution in [3.8, 4) is 0 Å². The molecule has 2 aromatic rings. The van der Waals surface area contributed by atoms with Gasteiger partial charge >= 0.3 is 0 Å². The van der Waals surface area contributed by atoms with Crippen LogP contribution in [0.5, 0.6) is 0 Å². The summed E-state index contributed by atoms with van der Waals surface area (Å²) in [6, 6.07) is 8.74. The highest BCUT2D eigenvalue weighted by molar-refractivity contribution is 5.84. The van der Waals surface area contributed by atoms with Crippen LogP contribution in [0.15, 0.2) is 30.5 Å². The molecule has 0 fully saturated rings. The van der Waals surface area contributed by atoms with Gasteiger partial charge in [-0.2, -0.15) is 0 Å². The van der Waals surface area contributed by atoms with Gasteiger partial charge in [-0.3, -0.25) is 0 Å². The molecule has 0 amide bonds. The number of benzene rings is 1. The Balaban J connectivity index is 2.60. The lowest BCUT2D eigenvalue weighted by Crippen LogP contribution is -2.26. The second kappa shape index (κ2) is 4.28. The van der Waals surface area contributed by atoms with Crippen molar-refractivity contribution in [1.82, 2.24) is 9.47 Å². The molecule has 3 heteroatoms. The Hall–Kier alpha value is -1.32. The van der Waals surface area contributed by atoms with Crippen molar-refractivity contribution in [3.63, 3.8) is 0 Å². The molecule has 16 heavy (non-hydrogen) atoms. The maximum absolute atomic E-state index is 5.86. The van der Waals surface area contributed by atoms with Gasteiger partial charge in [0.25, 0.3) is 0 Å². The van der Waals surface area contributed by atoms with Gasteiger partial charge in [-0.05, 0) is 25.7 Å². The summed E-state index contributed by atoms with van der Waals surface area (Å²) in [5.74, 6) is 0. The molecule has 0 unspecified atom stereocenters. The van der Waals surface area contributed by atoms with Crippen LogP contribution in [0.2, 0.25) is 0 Å². The summed E-state index contributed by atoms with van der Waals surface area (Å²) in [7, 11) is 6.22. The van der Waals surface area contributed by atoms with E-state index in [0.29, 0.717) is 6.54 Å². The van der Waals surface area contributed by atoms with E-state index in [4.69, 9.17) is 5.73 Å². The van der Waals surface area contributed by atoms with Crippen LogP contribution in [-0.2, 0) is 7.05 Å². The van der Waals surface area contributed by atoms with Crippen LogP contribution in [0.1, 0.15) is 11.6 Å². The van der Waals surface area contributed by atoms with Gasteiger partial charge in [0.1, 0.15) is 0 Å². The normalized spacial score (nSPS) is 13.6. The quantitative estimate of drug-likeness (QED) is 0.849. The van der Waals surface area contributed by atoms with Crippen LogP contribution >= 0.6 is 0 Å². The standard InChI is InChI=1S/C13H19N3/c1-15(2)13(8-14)11-9-16(3)12-7-5-4-6-10(11)12/h4-7,9,13H,8,14H2,1-3H3/t13-/m0/s1. The summed E-state index contributed by atoms with van der Waals surface area (Å²) >= 11 is 0. The number of aryl methyl sites for hydroxylation is 1. The van der Waals surface area contributed by atoms with E-state index in [1.165, 1.54) is 16.5 Å². The molecular formula is C13H19N3. The number of rotatable bonds is 3. The summed E-state index contributed by atoms with van der Waals surface area (Å²) in [6.45, 7) is 0.640. The fourth-order valence-electron chi connectivity index (χ4n) is 2.25. The molecule has 3 nitrogen and oxygen atoms in total. The third-order valence-corrected chi connectivity index (χ3v) is 3.13. The number of likely N-dealkylation sites (N-methyl/N-ethyl adjacent to an activating group) is 1. The Morgan fingerprint density at radius 1 is 1.31 bits per heavy atom. The van der Waals surface area contributed by atoms with Crippen molar-refractivity contribution in [1.29, 1.82) is 0 Å². The van der Waals surface area contributed by atoms with E-state index < -0.39 is 0 Å². The van der Waals surface area contributed by atoms with Gasteiger partial charge in [-0.25, -0.2) is 0 Å². The monoisotopic (exact) mass is 217 g/mol. The number of nitrogens with two attached hydrogens (primary N) is 1. The lowest BCUT2D eigenvalue weighted by Gasteiger charge is -2.22. The number of hydrogen-bond donors (Lipinski definition) is 1. The molecule has 1 atom stereocenters. The van der Waals surface area contributed by atoms with E-state index >= 15 is 0 Å². The van der Waals surface area contributed by atoms with Gasteiger partial charge < -0.3 is 15.2 Å². The zero-order chi connectivity index (χ0) is 11.7. The molecule has 0 aliphatic carbocycles. The molecule has 2 N–H and O–H groups in total. The fraction of sp³-hybridized carbons (Fsp3) is 0.385. The molecular weight excluding hydrogens is 198 g/mol. The minimum atomic E-state index is 0.283.